The first kappa shape index (κ1) is 32.4. The quantitative estimate of drug-likeness (QED) is 0.152. The normalized spacial score (nSPS) is 12.7. The molecule has 53 heavy (non-hydrogen) atoms. The molecule has 0 fully saturated rings. The largest absolute Gasteiger partial charge is 0.207 e. The van der Waals surface area contributed by atoms with Gasteiger partial charge < -0.3 is 0 Å². The first-order valence-corrected chi connectivity index (χ1v) is 17.4. The van der Waals surface area contributed by atoms with Crippen molar-refractivity contribution in [2.45, 2.75) is 5.41 Å². The van der Waals surface area contributed by atoms with Crippen molar-refractivity contribution < 1.29 is 17.6 Å². The van der Waals surface area contributed by atoms with Crippen LogP contribution in [0.5, 0.6) is 0 Å². The van der Waals surface area contributed by atoms with Gasteiger partial charge in [-0.3, -0.25) is 0 Å². The van der Waals surface area contributed by atoms with Gasteiger partial charge >= 0.3 is 0 Å². The van der Waals surface area contributed by atoms with Crippen molar-refractivity contribution in [2.24, 2.45) is 0 Å². The predicted octanol–water partition coefficient (Wildman–Crippen LogP) is 13.3. The highest BCUT2D eigenvalue weighted by atomic mass is 19.1. The minimum Gasteiger partial charge on any atom is -0.207 e. The molecule has 9 rings (SSSR count). The molecule has 0 saturated heterocycles. The second kappa shape index (κ2) is 12.9. The summed E-state index contributed by atoms with van der Waals surface area (Å²) in [5.74, 6) is -1.47. The van der Waals surface area contributed by atoms with E-state index < -0.39 is 5.41 Å². The third kappa shape index (κ3) is 5.64. The molecule has 0 aliphatic heterocycles. The molecule has 0 atom stereocenters. The molecule has 0 radical (unpaired) electrons. The first-order valence-electron chi connectivity index (χ1n) is 17.4. The van der Waals surface area contributed by atoms with Gasteiger partial charge in [0.1, 0.15) is 23.3 Å². The molecule has 0 N–H and O–H groups in total. The van der Waals surface area contributed by atoms with Crippen molar-refractivity contribution in [3.8, 4) is 55.6 Å². The van der Waals surface area contributed by atoms with Gasteiger partial charge in [0.2, 0.25) is 0 Å². The first-order chi connectivity index (χ1) is 25.9. The number of rotatable bonds is 6. The molecule has 0 bridgehead atoms. The van der Waals surface area contributed by atoms with Crippen molar-refractivity contribution in [1.29, 1.82) is 0 Å². The Balaban J connectivity index is 1.44. The van der Waals surface area contributed by atoms with Gasteiger partial charge in [0.05, 0.1) is 5.41 Å². The van der Waals surface area contributed by atoms with Gasteiger partial charge in [-0.2, -0.15) is 0 Å². The smallest absolute Gasteiger partial charge is 0.123 e. The molecule has 4 heteroatoms. The zero-order valence-corrected chi connectivity index (χ0v) is 28.3. The topological polar surface area (TPSA) is 0 Å². The van der Waals surface area contributed by atoms with Crippen LogP contribution in [0, 0.1) is 23.3 Å². The van der Waals surface area contributed by atoms with Crippen molar-refractivity contribution in [3.63, 3.8) is 0 Å². The lowest BCUT2D eigenvalue weighted by molar-refractivity contribution is 0.628. The van der Waals surface area contributed by atoms with Crippen LogP contribution in [-0.2, 0) is 5.41 Å². The second-order valence-electron chi connectivity index (χ2n) is 13.5. The Morgan fingerprint density at radius 2 is 0.566 bits per heavy atom. The lowest BCUT2D eigenvalue weighted by Gasteiger charge is -2.35. The summed E-state index contributed by atoms with van der Waals surface area (Å²) in [6.07, 6.45) is 0. The number of fused-ring (bicyclic) bond motifs is 3. The van der Waals surface area contributed by atoms with E-state index in [1.807, 2.05) is 60.7 Å². The van der Waals surface area contributed by atoms with E-state index in [4.69, 9.17) is 0 Å². The molecule has 1 aliphatic carbocycles. The molecule has 254 valence electrons. The average Bonchev–Trinajstić information content (AvgIpc) is 3.49. The van der Waals surface area contributed by atoms with Crippen LogP contribution in [0.15, 0.2) is 182 Å². The van der Waals surface area contributed by atoms with E-state index in [9.17, 15) is 17.6 Å². The van der Waals surface area contributed by atoms with Crippen LogP contribution in [0.3, 0.4) is 0 Å². The Hall–Kier alpha value is -6.52. The fourth-order valence-corrected chi connectivity index (χ4v) is 8.05. The van der Waals surface area contributed by atoms with Gasteiger partial charge in [-0.25, -0.2) is 17.6 Å². The third-order valence-corrected chi connectivity index (χ3v) is 10.3. The zero-order valence-electron chi connectivity index (χ0n) is 28.3. The van der Waals surface area contributed by atoms with Crippen LogP contribution < -0.4 is 0 Å². The molecular formula is C49H30F4. The van der Waals surface area contributed by atoms with Crippen LogP contribution >= 0.6 is 0 Å². The van der Waals surface area contributed by atoms with E-state index in [0.717, 1.165) is 55.6 Å². The SMILES string of the molecule is Fc1cccc(-c2cc(-c3cccc(F)c3)cc(C3(c4cc(-c5cccc(F)c5)cc(-c5cccc(F)c5)c4)c4ccccc4-c4ccccc43)c2)c1. The number of halogens is 4. The number of hydrogen-bond donors (Lipinski definition) is 0. The van der Waals surface area contributed by atoms with E-state index in [1.165, 1.54) is 48.5 Å². The van der Waals surface area contributed by atoms with Gasteiger partial charge in [-0.05, 0) is 163 Å². The van der Waals surface area contributed by atoms with Crippen LogP contribution in [0.4, 0.5) is 17.6 Å². The summed E-state index contributed by atoms with van der Waals surface area (Å²) in [5, 5.41) is 0. The molecule has 0 saturated carbocycles. The summed E-state index contributed by atoms with van der Waals surface area (Å²) in [5.41, 5.74) is 10.6. The summed E-state index contributed by atoms with van der Waals surface area (Å²) in [6, 6.07) is 54.7. The van der Waals surface area contributed by atoms with E-state index in [0.29, 0.717) is 22.3 Å². The second-order valence-corrected chi connectivity index (χ2v) is 13.5. The van der Waals surface area contributed by atoms with Gasteiger partial charge in [0.25, 0.3) is 0 Å². The Morgan fingerprint density at radius 1 is 0.264 bits per heavy atom. The molecule has 0 amide bonds. The maximum absolute atomic E-state index is 14.8. The zero-order chi connectivity index (χ0) is 36.1. The molecule has 8 aromatic carbocycles. The molecule has 0 spiro atoms. The number of hydrogen-bond acceptors (Lipinski definition) is 0. The van der Waals surface area contributed by atoms with E-state index in [1.54, 1.807) is 24.3 Å². The van der Waals surface area contributed by atoms with Crippen LogP contribution in [0.2, 0.25) is 0 Å². The van der Waals surface area contributed by atoms with Gasteiger partial charge in [-0.1, -0.05) is 97.1 Å². The van der Waals surface area contributed by atoms with Crippen LogP contribution in [0.25, 0.3) is 55.6 Å². The van der Waals surface area contributed by atoms with Crippen LogP contribution in [-0.4, -0.2) is 0 Å². The lowest BCUT2D eigenvalue weighted by atomic mass is 9.66. The van der Waals surface area contributed by atoms with E-state index in [-0.39, 0.29) is 23.3 Å². The fourth-order valence-electron chi connectivity index (χ4n) is 8.05. The summed E-state index contributed by atoms with van der Waals surface area (Å²) in [6.45, 7) is 0. The Kier molecular flexibility index (Phi) is 7.89. The minimum absolute atomic E-state index is 0.367. The van der Waals surface area contributed by atoms with Gasteiger partial charge in [0, 0.05) is 0 Å². The number of benzene rings is 8. The van der Waals surface area contributed by atoms with E-state index in [2.05, 4.69) is 48.5 Å². The molecule has 0 nitrogen and oxygen atoms in total. The minimum atomic E-state index is -0.968. The summed E-state index contributed by atoms with van der Waals surface area (Å²) in [4.78, 5) is 0. The Bertz CT molecular complexity index is 2380. The van der Waals surface area contributed by atoms with Gasteiger partial charge in [-0.15, -0.1) is 0 Å². The van der Waals surface area contributed by atoms with Crippen LogP contribution in [0.1, 0.15) is 22.3 Å². The highest BCUT2D eigenvalue weighted by Gasteiger charge is 2.46. The summed E-state index contributed by atoms with van der Waals surface area (Å²) in [7, 11) is 0. The van der Waals surface area contributed by atoms with Gasteiger partial charge in [0.15, 0.2) is 0 Å². The standard InChI is InChI=1S/C49H30F4/c50-41-13-5-9-31(27-41)35-21-36(32-10-6-14-42(51)28-32)24-39(23-35)49(47-19-3-1-17-45(47)46-18-2-4-20-48(46)49)40-25-37(33-11-7-15-43(52)29-33)22-38(26-40)34-12-8-16-44(53)30-34/h1-30H. The molecule has 8 aromatic rings. The third-order valence-electron chi connectivity index (χ3n) is 10.3. The summed E-state index contributed by atoms with van der Waals surface area (Å²) >= 11 is 0. The fraction of sp³-hybridized carbons (Fsp3) is 0.0204. The molecule has 0 unspecified atom stereocenters. The van der Waals surface area contributed by atoms with Crippen molar-refractivity contribution in [1.82, 2.24) is 0 Å². The van der Waals surface area contributed by atoms with Crippen molar-refractivity contribution >= 4 is 0 Å². The maximum Gasteiger partial charge on any atom is 0.123 e. The summed E-state index contributed by atoms with van der Waals surface area (Å²) < 4.78 is 59.3. The van der Waals surface area contributed by atoms with Crippen molar-refractivity contribution in [3.05, 3.63) is 228 Å². The lowest BCUT2D eigenvalue weighted by Crippen LogP contribution is -2.29. The van der Waals surface area contributed by atoms with Crippen molar-refractivity contribution in [2.75, 3.05) is 0 Å². The Labute approximate surface area is 305 Å². The molecule has 0 aromatic heterocycles. The predicted molar refractivity (Wildman–Crippen MR) is 205 cm³/mol. The maximum atomic E-state index is 14.8. The Morgan fingerprint density at radius 3 is 0.868 bits per heavy atom. The highest BCUT2D eigenvalue weighted by Crippen LogP contribution is 2.57. The highest BCUT2D eigenvalue weighted by molar-refractivity contribution is 5.89. The monoisotopic (exact) mass is 694 g/mol. The molecule has 1 aliphatic rings. The van der Waals surface area contributed by atoms with E-state index >= 15 is 0 Å². The average molecular weight is 695 g/mol. The molecule has 0 heterocycles. The molecular weight excluding hydrogens is 665 g/mol.